The highest BCUT2D eigenvalue weighted by Gasteiger charge is 2.32. The summed E-state index contributed by atoms with van der Waals surface area (Å²) in [5, 5.41) is 9.48. The highest BCUT2D eigenvalue weighted by Crippen LogP contribution is 2.37. The summed E-state index contributed by atoms with van der Waals surface area (Å²) in [7, 11) is 1.48. The number of amidine groups is 1. The maximum Gasteiger partial charge on any atom is 0.341 e. The van der Waals surface area contributed by atoms with E-state index in [1.54, 1.807) is 17.0 Å². The van der Waals surface area contributed by atoms with Crippen molar-refractivity contribution in [2.75, 3.05) is 20.3 Å². The third-order valence-electron chi connectivity index (χ3n) is 4.07. The van der Waals surface area contributed by atoms with Gasteiger partial charge >= 0.3 is 5.97 Å². The van der Waals surface area contributed by atoms with E-state index in [9.17, 15) is 9.59 Å². The molecule has 0 radical (unpaired) electrons. The van der Waals surface area contributed by atoms with Gasteiger partial charge in [0.15, 0.2) is 23.3 Å². The lowest BCUT2D eigenvalue weighted by Gasteiger charge is -2.12. The van der Waals surface area contributed by atoms with Gasteiger partial charge in [-0.2, -0.15) is 0 Å². The van der Waals surface area contributed by atoms with E-state index < -0.39 is 12.6 Å². The average molecular weight is 538 g/mol. The number of halogens is 1. The van der Waals surface area contributed by atoms with Crippen LogP contribution in [0.3, 0.4) is 0 Å². The van der Waals surface area contributed by atoms with Crippen LogP contribution in [0, 0.1) is 3.57 Å². The van der Waals surface area contributed by atoms with E-state index >= 15 is 0 Å². The molecule has 30 heavy (non-hydrogen) atoms. The second-order valence-electron chi connectivity index (χ2n) is 6.11. The number of nitrogens with zero attached hydrogens (tertiary/aromatic N) is 2. The molecule has 3 rings (SSSR count). The van der Waals surface area contributed by atoms with Crippen LogP contribution in [-0.2, 0) is 9.59 Å². The van der Waals surface area contributed by atoms with E-state index in [0.717, 1.165) is 11.3 Å². The summed E-state index contributed by atoms with van der Waals surface area (Å²) in [6.07, 6.45) is 1.77. The minimum atomic E-state index is -1.07. The first-order valence-electron chi connectivity index (χ1n) is 9.00. The van der Waals surface area contributed by atoms with E-state index in [0.29, 0.717) is 31.7 Å². The van der Waals surface area contributed by atoms with Crippen molar-refractivity contribution in [2.45, 2.75) is 6.92 Å². The molecule has 1 N–H and O–H groups in total. The summed E-state index contributed by atoms with van der Waals surface area (Å²) in [4.78, 5) is 30.4. The molecule has 0 atom stereocenters. The zero-order valence-electron chi connectivity index (χ0n) is 16.3. The van der Waals surface area contributed by atoms with Crippen LogP contribution in [-0.4, -0.2) is 47.3 Å². The molecule has 0 saturated carbocycles. The van der Waals surface area contributed by atoms with Crippen LogP contribution in [0.5, 0.6) is 11.5 Å². The Balaban J connectivity index is 1.92. The van der Waals surface area contributed by atoms with Crippen molar-refractivity contribution in [3.63, 3.8) is 0 Å². The van der Waals surface area contributed by atoms with E-state index in [2.05, 4.69) is 27.6 Å². The van der Waals surface area contributed by atoms with Gasteiger partial charge in [-0.25, -0.2) is 9.79 Å². The number of carboxylic acids is 1. The number of para-hydroxylation sites is 1. The number of carbonyl (C=O) groups excluding carboxylic acids is 1. The van der Waals surface area contributed by atoms with Gasteiger partial charge in [-0.1, -0.05) is 18.2 Å². The fourth-order valence-electron chi connectivity index (χ4n) is 2.73. The van der Waals surface area contributed by atoms with Crippen LogP contribution in [0.1, 0.15) is 12.5 Å². The number of carbonyl (C=O) groups is 2. The normalized spacial score (nSPS) is 16.4. The average Bonchev–Trinajstić information content (AvgIpc) is 3.01. The third-order valence-corrected chi connectivity index (χ3v) is 5.88. The van der Waals surface area contributed by atoms with Gasteiger partial charge in [0.1, 0.15) is 0 Å². The molecule has 0 spiro atoms. The second kappa shape index (κ2) is 9.98. The number of hydrogen-bond acceptors (Lipinski definition) is 6. The fourth-order valence-corrected chi connectivity index (χ4v) is 4.58. The van der Waals surface area contributed by atoms with Gasteiger partial charge in [0.2, 0.25) is 0 Å². The molecule has 1 saturated heterocycles. The molecule has 0 bridgehead atoms. The Morgan fingerprint density at radius 1 is 1.30 bits per heavy atom. The van der Waals surface area contributed by atoms with E-state index in [4.69, 9.17) is 14.6 Å². The fraction of sp³-hybridized carbons (Fsp3) is 0.190. The number of aliphatic carboxylic acids is 1. The van der Waals surface area contributed by atoms with Gasteiger partial charge in [0, 0.05) is 6.54 Å². The number of hydrogen-bond donors (Lipinski definition) is 1. The van der Waals surface area contributed by atoms with Crippen molar-refractivity contribution < 1.29 is 24.2 Å². The summed E-state index contributed by atoms with van der Waals surface area (Å²) in [5.41, 5.74) is 1.52. The molecular weight excluding hydrogens is 519 g/mol. The largest absolute Gasteiger partial charge is 0.493 e. The predicted molar refractivity (Wildman–Crippen MR) is 125 cm³/mol. The Labute approximate surface area is 191 Å². The number of rotatable bonds is 7. The number of benzene rings is 2. The van der Waals surface area contributed by atoms with Gasteiger partial charge in [-0.05, 0) is 77.2 Å². The SMILES string of the molecule is CCN1C(=O)C(=Cc2cc(I)c(OCC(=O)O)c(OC)c2)SC1=Nc1ccccc1. The Morgan fingerprint density at radius 3 is 2.67 bits per heavy atom. The molecule has 0 unspecified atom stereocenters. The van der Waals surface area contributed by atoms with Crippen molar-refractivity contribution in [1.82, 2.24) is 4.90 Å². The molecule has 0 aromatic heterocycles. The van der Waals surface area contributed by atoms with Crippen molar-refractivity contribution in [2.24, 2.45) is 4.99 Å². The lowest BCUT2D eigenvalue weighted by molar-refractivity contribution is -0.139. The summed E-state index contributed by atoms with van der Waals surface area (Å²) in [5.74, 6) is -0.431. The molecule has 7 nitrogen and oxygen atoms in total. The number of aliphatic imine (C=N–C) groups is 1. The van der Waals surface area contributed by atoms with Crippen molar-refractivity contribution in [1.29, 1.82) is 0 Å². The van der Waals surface area contributed by atoms with Crippen molar-refractivity contribution in [3.8, 4) is 11.5 Å². The number of likely N-dealkylation sites (N-methyl/N-ethyl adjacent to an activating group) is 1. The molecule has 1 fully saturated rings. The molecule has 0 aliphatic carbocycles. The van der Waals surface area contributed by atoms with Crippen LogP contribution in [0.15, 0.2) is 52.4 Å². The Hall–Kier alpha value is -2.53. The lowest BCUT2D eigenvalue weighted by atomic mass is 10.2. The Kier molecular flexibility index (Phi) is 7.38. The van der Waals surface area contributed by atoms with E-state index in [1.165, 1.54) is 18.9 Å². The molecule has 1 aliphatic heterocycles. The predicted octanol–water partition coefficient (Wildman–Crippen LogP) is 4.39. The maximum atomic E-state index is 12.9. The minimum absolute atomic E-state index is 0.114. The van der Waals surface area contributed by atoms with Gasteiger partial charge in [-0.15, -0.1) is 0 Å². The summed E-state index contributed by atoms with van der Waals surface area (Å²) < 4.78 is 11.4. The monoisotopic (exact) mass is 538 g/mol. The van der Waals surface area contributed by atoms with Crippen LogP contribution in [0.25, 0.3) is 6.08 Å². The number of methoxy groups -OCH3 is 1. The van der Waals surface area contributed by atoms with Crippen LogP contribution in [0.2, 0.25) is 0 Å². The van der Waals surface area contributed by atoms with Crippen LogP contribution >= 0.6 is 34.4 Å². The topological polar surface area (TPSA) is 88.4 Å². The number of amides is 1. The molecule has 1 heterocycles. The van der Waals surface area contributed by atoms with Crippen LogP contribution < -0.4 is 9.47 Å². The highest BCUT2D eigenvalue weighted by atomic mass is 127. The zero-order chi connectivity index (χ0) is 21.7. The van der Waals surface area contributed by atoms with Crippen molar-refractivity contribution >= 4 is 63.2 Å². The quantitative estimate of drug-likeness (QED) is 0.416. The number of thioether (sulfide) groups is 1. The van der Waals surface area contributed by atoms with Crippen LogP contribution in [0.4, 0.5) is 5.69 Å². The minimum Gasteiger partial charge on any atom is -0.493 e. The summed E-state index contributed by atoms with van der Waals surface area (Å²) in [6, 6.07) is 13.0. The lowest BCUT2D eigenvalue weighted by Crippen LogP contribution is -2.28. The smallest absolute Gasteiger partial charge is 0.341 e. The number of carboxylic acid groups (broad SMARTS) is 1. The molecule has 1 amide bonds. The van der Waals surface area contributed by atoms with Gasteiger partial charge in [0.25, 0.3) is 5.91 Å². The summed E-state index contributed by atoms with van der Waals surface area (Å²) in [6.45, 7) is 1.95. The molecule has 1 aliphatic rings. The first-order chi connectivity index (χ1) is 14.4. The van der Waals surface area contributed by atoms with Gasteiger partial charge in [-0.3, -0.25) is 9.69 Å². The standard InChI is InChI=1S/C21H19IN2O5S/c1-3-24-20(27)17(30-21(24)23-14-7-5-4-6-8-14)11-13-9-15(22)19(16(10-13)28-2)29-12-18(25)26/h4-11H,3,12H2,1-2H3,(H,25,26). The van der Waals surface area contributed by atoms with E-state index in [1.807, 2.05) is 43.3 Å². The first kappa shape index (κ1) is 22.2. The molecule has 156 valence electrons. The highest BCUT2D eigenvalue weighted by molar-refractivity contribution is 14.1. The Morgan fingerprint density at radius 2 is 2.03 bits per heavy atom. The second-order valence-corrected chi connectivity index (χ2v) is 8.28. The maximum absolute atomic E-state index is 12.9. The Bertz CT molecular complexity index is 1020. The molecule has 2 aromatic carbocycles. The molecule has 2 aromatic rings. The molecule has 9 heteroatoms. The van der Waals surface area contributed by atoms with Gasteiger partial charge in [0.05, 0.1) is 21.3 Å². The van der Waals surface area contributed by atoms with E-state index in [-0.39, 0.29) is 5.91 Å². The zero-order valence-corrected chi connectivity index (χ0v) is 19.3. The summed E-state index contributed by atoms with van der Waals surface area (Å²) >= 11 is 3.37. The molecular formula is C21H19IN2O5S. The number of ether oxygens (including phenoxy) is 2. The van der Waals surface area contributed by atoms with Crippen molar-refractivity contribution in [3.05, 3.63) is 56.5 Å². The third kappa shape index (κ3) is 5.14. The first-order valence-corrected chi connectivity index (χ1v) is 10.9. The van der Waals surface area contributed by atoms with Gasteiger partial charge < -0.3 is 14.6 Å².